The number of nitrogens with zero attached hydrogens (tertiary/aromatic N) is 1. The van der Waals surface area contributed by atoms with Gasteiger partial charge in [0.2, 0.25) is 0 Å². The standard InChI is InChI=1S/C14H17FN2OS/c1-9(16-7-12-8-17-10(2)19-12)13-6-11(15)4-5-14(13)18-3/h4-6,8-9,16H,7H2,1-3H3. The van der Waals surface area contributed by atoms with Crippen LogP contribution in [0.25, 0.3) is 0 Å². The minimum atomic E-state index is -0.252. The van der Waals surface area contributed by atoms with Gasteiger partial charge in [-0.25, -0.2) is 9.37 Å². The zero-order chi connectivity index (χ0) is 13.8. The van der Waals surface area contributed by atoms with E-state index in [0.717, 1.165) is 10.6 Å². The van der Waals surface area contributed by atoms with E-state index >= 15 is 0 Å². The molecular weight excluding hydrogens is 263 g/mol. The number of halogens is 1. The predicted octanol–water partition coefficient (Wildman–Crippen LogP) is 3.45. The minimum absolute atomic E-state index is 0.00746. The summed E-state index contributed by atoms with van der Waals surface area (Å²) in [5.74, 6) is 0.444. The molecule has 0 spiro atoms. The Morgan fingerprint density at radius 1 is 1.47 bits per heavy atom. The Labute approximate surface area is 116 Å². The second-order valence-corrected chi connectivity index (χ2v) is 5.65. The van der Waals surface area contributed by atoms with Gasteiger partial charge in [-0.2, -0.15) is 0 Å². The lowest BCUT2D eigenvalue weighted by atomic mass is 10.1. The Hall–Kier alpha value is -1.46. The van der Waals surface area contributed by atoms with Crippen molar-refractivity contribution < 1.29 is 9.13 Å². The number of methoxy groups -OCH3 is 1. The molecule has 1 aromatic carbocycles. The normalized spacial score (nSPS) is 12.4. The molecule has 0 saturated heterocycles. The number of ether oxygens (including phenoxy) is 1. The number of thiazole rings is 1. The van der Waals surface area contributed by atoms with Crippen LogP contribution >= 0.6 is 11.3 Å². The number of aromatic nitrogens is 1. The van der Waals surface area contributed by atoms with E-state index in [1.165, 1.54) is 17.0 Å². The highest BCUT2D eigenvalue weighted by Gasteiger charge is 2.12. The molecule has 0 aliphatic rings. The number of hydrogen-bond donors (Lipinski definition) is 1. The first kappa shape index (κ1) is 14.0. The highest BCUT2D eigenvalue weighted by molar-refractivity contribution is 7.11. The van der Waals surface area contributed by atoms with E-state index in [0.29, 0.717) is 12.3 Å². The van der Waals surface area contributed by atoms with Crippen molar-refractivity contribution in [3.8, 4) is 5.75 Å². The molecule has 0 bridgehead atoms. The molecule has 1 aromatic heterocycles. The first-order chi connectivity index (χ1) is 9.10. The molecule has 19 heavy (non-hydrogen) atoms. The molecule has 3 nitrogen and oxygen atoms in total. The maximum Gasteiger partial charge on any atom is 0.123 e. The van der Waals surface area contributed by atoms with E-state index in [9.17, 15) is 4.39 Å². The molecule has 102 valence electrons. The molecule has 1 atom stereocenters. The lowest BCUT2D eigenvalue weighted by molar-refractivity contribution is 0.400. The Kier molecular flexibility index (Phi) is 4.50. The number of aryl methyl sites for hydroxylation is 1. The van der Waals surface area contributed by atoms with Crippen molar-refractivity contribution in [2.45, 2.75) is 26.4 Å². The fourth-order valence-electron chi connectivity index (χ4n) is 1.89. The smallest absolute Gasteiger partial charge is 0.123 e. The molecule has 0 aliphatic heterocycles. The summed E-state index contributed by atoms with van der Waals surface area (Å²) in [4.78, 5) is 5.38. The van der Waals surface area contributed by atoms with Crippen LogP contribution in [-0.2, 0) is 6.54 Å². The van der Waals surface area contributed by atoms with Crippen LogP contribution in [0.2, 0.25) is 0 Å². The van der Waals surface area contributed by atoms with E-state index in [2.05, 4.69) is 10.3 Å². The van der Waals surface area contributed by atoms with Gasteiger partial charge in [-0.05, 0) is 32.0 Å². The first-order valence-corrected chi connectivity index (χ1v) is 6.90. The molecule has 2 aromatic rings. The van der Waals surface area contributed by atoms with Crippen LogP contribution in [-0.4, -0.2) is 12.1 Å². The van der Waals surface area contributed by atoms with Gasteiger partial charge in [0.1, 0.15) is 11.6 Å². The quantitative estimate of drug-likeness (QED) is 0.911. The zero-order valence-electron chi connectivity index (χ0n) is 11.2. The molecule has 0 fully saturated rings. The van der Waals surface area contributed by atoms with Crippen molar-refractivity contribution in [3.05, 3.63) is 45.7 Å². The van der Waals surface area contributed by atoms with E-state index < -0.39 is 0 Å². The molecule has 2 rings (SSSR count). The van der Waals surface area contributed by atoms with Gasteiger partial charge >= 0.3 is 0 Å². The summed E-state index contributed by atoms with van der Waals surface area (Å²) in [6.45, 7) is 4.69. The van der Waals surface area contributed by atoms with Crippen molar-refractivity contribution in [3.63, 3.8) is 0 Å². The lowest BCUT2D eigenvalue weighted by Crippen LogP contribution is -2.18. The van der Waals surface area contributed by atoms with Crippen molar-refractivity contribution in [1.29, 1.82) is 0 Å². The third kappa shape index (κ3) is 3.52. The van der Waals surface area contributed by atoms with E-state index in [1.54, 1.807) is 24.5 Å². The number of benzene rings is 1. The summed E-state index contributed by atoms with van der Waals surface area (Å²) in [5, 5.41) is 4.40. The van der Waals surface area contributed by atoms with E-state index in [-0.39, 0.29) is 11.9 Å². The monoisotopic (exact) mass is 280 g/mol. The number of rotatable bonds is 5. The summed E-state index contributed by atoms with van der Waals surface area (Å²) in [6, 6.07) is 4.57. The molecule has 5 heteroatoms. The van der Waals surface area contributed by atoms with Gasteiger partial charge in [0.05, 0.1) is 12.1 Å². The third-order valence-electron chi connectivity index (χ3n) is 2.91. The van der Waals surface area contributed by atoms with E-state index in [4.69, 9.17) is 4.74 Å². The molecular formula is C14H17FN2OS. The number of hydrogen-bond acceptors (Lipinski definition) is 4. The third-order valence-corrected chi connectivity index (χ3v) is 3.82. The predicted molar refractivity (Wildman–Crippen MR) is 75.1 cm³/mol. The molecule has 1 heterocycles. The SMILES string of the molecule is COc1ccc(F)cc1C(C)NCc1cnc(C)s1. The molecule has 0 saturated carbocycles. The van der Waals surface area contributed by atoms with Crippen molar-refractivity contribution in [2.75, 3.05) is 7.11 Å². The average Bonchev–Trinajstić information content (AvgIpc) is 2.81. The Bertz CT molecular complexity index is 556. The van der Waals surface area contributed by atoms with Crippen LogP contribution in [0.3, 0.4) is 0 Å². The van der Waals surface area contributed by atoms with Crippen LogP contribution in [0.5, 0.6) is 5.75 Å². The molecule has 1 unspecified atom stereocenters. The molecule has 0 aliphatic carbocycles. The minimum Gasteiger partial charge on any atom is -0.496 e. The topological polar surface area (TPSA) is 34.1 Å². The van der Waals surface area contributed by atoms with Crippen LogP contribution in [0, 0.1) is 12.7 Å². The lowest BCUT2D eigenvalue weighted by Gasteiger charge is -2.16. The second kappa shape index (κ2) is 6.12. The Morgan fingerprint density at radius 2 is 2.26 bits per heavy atom. The molecule has 1 N–H and O–H groups in total. The fourth-order valence-corrected chi connectivity index (χ4v) is 2.64. The maximum atomic E-state index is 13.3. The molecule has 0 amide bonds. The summed E-state index contributed by atoms with van der Waals surface area (Å²) in [6.07, 6.45) is 1.86. The van der Waals surface area contributed by atoms with Gasteiger partial charge in [0, 0.05) is 29.2 Å². The Morgan fingerprint density at radius 3 is 2.89 bits per heavy atom. The maximum absolute atomic E-state index is 13.3. The van der Waals surface area contributed by atoms with Gasteiger partial charge in [-0.1, -0.05) is 0 Å². The summed E-state index contributed by atoms with van der Waals surface area (Å²) >= 11 is 1.66. The van der Waals surface area contributed by atoms with Gasteiger partial charge in [0.15, 0.2) is 0 Å². The van der Waals surface area contributed by atoms with Crippen molar-refractivity contribution >= 4 is 11.3 Å². The van der Waals surface area contributed by atoms with Crippen LogP contribution in [0.4, 0.5) is 4.39 Å². The fraction of sp³-hybridized carbons (Fsp3) is 0.357. The summed E-state index contributed by atoms with van der Waals surface area (Å²) in [7, 11) is 1.59. The second-order valence-electron chi connectivity index (χ2n) is 4.33. The van der Waals surface area contributed by atoms with Crippen molar-refractivity contribution in [2.24, 2.45) is 0 Å². The van der Waals surface area contributed by atoms with E-state index in [1.807, 2.05) is 20.0 Å². The highest BCUT2D eigenvalue weighted by atomic mass is 32.1. The number of nitrogens with one attached hydrogen (secondary N) is 1. The van der Waals surface area contributed by atoms with Gasteiger partial charge in [-0.15, -0.1) is 11.3 Å². The largest absolute Gasteiger partial charge is 0.496 e. The van der Waals surface area contributed by atoms with Crippen LogP contribution in [0.1, 0.15) is 28.4 Å². The van der Waals surface area contributed by atoms with Gasteiger partial charge < -0.3 is 10.1 Å². The summed E-state index contributed by atoms with van der Waals surface area (Å²) in [5.41, 5.74) is 0.823. The highest BCUT2D eigenvalue weighted by Crippen LogP contribution is 2.26. The summed E-state index contributed by atoms with van der Waals surface area (Å²) < 4.78 is 18.6. The van der Waals surface area contributed by atoms with Crippen molar-refractivity contribution in [1.82, 2.24) is 10.3 Å². The van der Waals surface area contributed by atoms with Gasteiger partial charge in [-0.3, -0.25) is 0 Å². The van der Waals surface area contributed by atoms with Crippen LogP contribution < -0.4 is 10.1 Å². The van der Waals surface area contributed by atoms with Gasteiger partial charge in [0.25, 0.3) is 0 Å². The first-order valence-electron chi connectivity index (χ1n) is 6.08. The zero-order valence-corrected chi connectivity index (χ0v) is 12.1. The Balaban J connectivity index is 2.06. The van der Waals surface area contributed by atoms with Crippen LogP contribution in [0.15, 0.2) is 24.4 Å². The average molecular weight is 280 g/mol. The molecule has 0 radical (unpaired) electrons.